The molecule has 2 heterocycles. The SMILES string of the molecule is Cc1cc(Oc2ccccc2)nc([C@@H]2CCCN(C(=O)C3CC3)C2)n1. The van der Waals surface area contributed by atoms with Gasteiger partial charge < -0.3 is 9.64 Å². The number of benzene rings is 1. The lowest BCUT2D eigenvalue weighted by Crippen LogP contribution is -2.40. The van der Waals surface area contributed by atoms with E-state index in [9.17, 15) is 4.79 Å². The highest BCUT2D eigenvalue weighted by atomic mass is 16.5. The average molecular weight is 337 g/mol. The van der Waals surface area contributed by atoms with Gasteiger partial charge in [-0.25, -0.2) is 4.98 Å². The Morgan fingerprint density at radius 1 is 1.16 bits per heavy atom. The van der Waals surface area contributed by atoms with E-state index >= 15 is 0 Å². The molecule has 0 unspecified atom stereocenters. The van der Waals surface area contributed by atoms with E-state index in [0.717, 1.165) is 56.0 Å². The molecule has 0 bridgehead atoms. The zero-order valence-electron chi connectivity index (χ0n) is 14.5. The van der Waals surface area contributed by atoms with E-state index < -0.39 is 0 Å². The molecule has 1 aromatic heterocycles. The first kappa shape index (κ1) is 16.1. The van der Waals surface area contributed by atoms with Crippen LogP contribution in [-0.4, -0.2) is 33.9 Å². The van der Waals surface area contributed by atoms with E-state index in [4.69, 9.17) is 4.74 Å². The Kier molecular flexibility index (Phi) is 4.38. The molecule has 1 aromatic carbocycles. The van der Waals surface area contributed by atoms with Gasteiger partial charge in [0.1, 0.15) is 11.6 Å². The van der Waals surface area contributed by atoms with Crippen LogP contribution in [0.1, 0.15) is 43.1 Å². The number of ether oxygens (including phenoxy) is 1. The molecule has 0 N–H and O–H groups in total. The zero-order chi connectivity index (χ0) is 17.2. The Morgan fingerprint density at radius 2 is 1.96 bits per heavy atom. The Labute approximate surface area is 148 Å². The molecule has 1 saturated carbocycles. The summed E-state index contributed by atoms with van der Waals surface area (Å²) in [6.45, 7) is 3.55. The van der Waals surface area contributed by atoms with Gasteiger partial charge in [0.05, 0.1) is 0 Å². The summed E-state index contributed by atoms with van der Waals surface area (Å²) < 4.78 is 5.88. The minimum Gasteiger partial charge on any atom is -0.439 e. The molecule has 5 heteroatoms. The van der Waals surface area contributed by atoms with Gasteiger partial charge in [-0.2, -0.15) is 4.98 Å². The molecule has 1 amide bonds. The monoisotopic (exact) mass is 337 g/mol. The molecular weight excluding hydrogens is 314 g/mol. The molecular formula is C20H23N3O2. The van der Waals surface area contributed by atoms with Crippen molar-refractivity contribution in [2.24, 2.45) is 5.92 Å². The van der Waals surface area contributed by atoms with E-state index in [1.807, 2.05) is 48.2 Å². The van der Waals surface area contributed by atoms with Gasteiger partial charge in [0.15, 0.2) is 0 Å². The second-order valence-corrected chi connectivity index (χ2v) is 7.02. The number of nitrogens with zero attached hydrogens (tertiary/aromatic N) is 3. The van der Waals surface area contributed by atoms with E-state index in [2.05, 4.69) is 9.97 Å². The normalized spacial score (nSPS) is 20.4. The number of piperidine rings is 1. The highest BCUT2D eigenvalue weighted by molar-refractivity contribution is 5.81. The maximum absolute atomic E-state index is 12.4. The van der Waals surface area contributed by atoms with Crippen molar-refractivity contribution in [2.45, 2.75) is 38.5 Å². The number of hydrogen-bond donors (Lipinski definition) is 0. The van der Waals surface area contributed by atoms with E-state index in [-0.39, 0.29) is 11.8 Å². The van der Waals surface area contributed by atoms with Crippen LogP contribution in [0.5, 0.6) is 11.6 Å². The van der Waals surface area contributed by atoms with Crippen LogP contribution in [0.15, 0.2) is 36.4 Å². The van der Waals surface area contributed by atoms with Crippen LogP contribution in [-0.2, 0) is 4.79 Å². The number of likely N-dealkylation sites (tertiary alicyclic amines) is 1. The quantitative estimate of drug-likeness (QED) is 0.854. The van der Waals surface area contributed by atoms with Gasteiger partial charge in [-0.1, -0.05) is 18.2 Å². The first-order chi connectivity index (χ1) is 12.2. The van der Waals surface area contributed by atoms with Crippen LogP contribution in [0.2, 0.25) is 0 Å². The number of aryl methyl sites for hydroxylation is 1. The van der Waals surface area contributed by atoms with Gasteiger partial charge in [-0.05, 0) is 44.7 Å². The van der Waals surface area contributed by atoms with Gasteiger partial charge in [0, 0.05) is 36.7 Å². The Hall–Kier alpha value is -2.43. The number of para-hydroxylation sites is 1. The minimum absolute atomic E-state index is 0.189. The van der Waals surface area contributed by atoms with E-state index in [1.54, 1.807) is 0 Å². The zero-order valence-corrected chi connectivity index (χ0v) is 14.5. The van der Waals surface area contributed by atoms with Crippen molar-refractivity contribution in [2.75, 3.05) is 13.1 Å². The molecule has 1 atom stereocenters. The van der Waals surface area contributed by atoms with Crippen molar-refractivity contribution in [1.82, 2.24) is 14.9 Å². The van der Waals surface area contributed by atoms with Crippen molar-refractivity contribution in [3.63, 3.8) is 0 Å². The molecule has 25 heavy (non-hydrogen) atoms. The van der Waals surface area contributed by atoms with Crippen molar-refractivity contribution in [3.8, 4) is 11.6 Å². The van der Waals surface area contributed by atoms with Crippen LogP contribution < -0.4 is 4.74 Å². The Balaban J connectivity index is 1.52. The molecule has 4 rings (SSSR count). The summed E-state index contributed by atoms with van der Waals surface area (Å²) in [5.41, 5.74) is 0.890. The second kappa shape index (κ2) is 6.82. The number of aromatic nitrogens is 2. The number of carbonyl (C=O) groups is 1. The number of hydrogen-bond acceptors (Lipinski definition) is 4. The number of carbonyl (C=O) groups excluding carboxylic acids is 1. The van der Waals surface area contributed by atoms with Crippen molar-refractivity contribution >= 4 is 5.91 Å². The maximum Gasteiger partial charge on any atom is 0.225 e. The van der Waals surface area contributed by atoms with Crippen LogP contribution >= 0.6 is 0 Å². The van der Waals surface area contributed by atoms with Gasteiger partial charge in [0.25, 0.3) is 0 Å². The maximum atomic E-state index is 12.4. The molecule has 2 aromatic rings. The topological polar surface area (TPSA) is 55.3 Å². The molecule has 0 spiro atoms. The molecule has 2 aliphatic rings. The summed E-state index contributed by atoms with van der Waals surface area (Å²) in [5, 5.41) is 0. The summed E-state index contributed by atoms with van der Waals surface area (Å²) in [6.07, 6.45) is 4.13. The summed E-state index contributed by atoms with van der Waals surface area (Å²) >= 11 is 0. The summed E-state index contributed by atoms with van der Waals surface area (Å²) in [5.74, 6) is 2.90. The third-order valence-electron chi connectivity index (χ3n) is 4.84. The molecule has 130 valence electrons. The lowest BCUT2D eigenvalue weighted by Gasteiger charge is -2.32. The molecule has 5 nitrogen and oxygen atoms in total. The van der Waals surface area contributed by atoms with Crippen molar-refractivity contribution in [1.29, 1.82) is 0 Å². The average Bonchev–Trinajstić information content (AvgIpc) is 3.47. The Bertz CT molecular complexity index is 759. The van der Waals surface area contributed by atoms with Gasteiger partial charge in [-0.3, -0.25) is 4.79 Å². The van der Waals surface area contributed by atoms with Crippen LogP contribution in [0, 0.1) is 12.8 Å². The van der Waals surface area contributed by atoms with Crippen molar-refractivity contribution in [3.05, 3.63) is 47.9 Å². The largest absolute Gasteiger partial charge is 0.439 e. The predicted molar refractivity (Wildman–Crippen MR) is 94.6 cm³/mol. The third-order valence-corrected chi connectivity index (χ3v) is 4.84. The standard InChI is InChI=1S/C20H23N3O2/c1-14-12-18(25-17-7-3-2-4-8-17)22-19(21-14)16-6-5-11-23(13-16)20(24)15-9-10-15/h2-4,7-8,12,15-16H,5-6,9-11,13H2,1H3/t16-/m1/s1. The van der Waals surface area contributed by atoms with Crippen molar-refractivity contribution < 1.29 is 9.53 Å². The first-order valence-corrected chi connectivity index (χ1v) is 9.06. The third kappa shape index (κ3) is 3.81. The first-order valence-electron chi connectivity index (χ1n) is 9.06. The Morgan fingerprint density at radius 3 is 2.72 bits per heavy atom. The molecule has 1 aliphatic heterocycles. The molecule has 1 saturated heterocycles. The smallest absolute Gasteiger partial charge is 0.225 e. The fourth-order valence-corrected chi connectivity index (χ4v) is 3.38. The van der Waals surface area contributed by atoms with Crippen LogP contribution in [0.4, 0.5) is 0 Å². The molecule has 2 fully saturated rings. The summed E-state index contributed by atoms with van der Waals surface area (Å²) in [7, 11) is 0. The van der Waals surface area contributed by atoms with Gasteiger partial charge >= 0.3 is 0 Å². The molecule has 0 radical (unpaired) electrons. The van der Waals surface area contributed by atoms with E-state index in [1.165, 1.54) is 0 Å². The second-order valence-electron chi connectivity index (χ2n) is 7.02. The molecule has 1 aliphatic carbocycles. The van der Waals surface area contributed by atoms with Gasteiger partial charge in [-0.15, -0.1) is 0 Å². The fraction of sp³-hybridized carbons (Fsp3) is 0.450. The van der Waals surface area contributed by atoms with Crippen LogP contribution in [0.25, 0.3) is 0 Å². The highest BCUT2D eigenvalue weighted by Crippen LogP contribution is 2.34. The summed E-state index contributed by atoms with van der Waals surface area (Å²) in [4.78, 5) is 23.6. The predicted octanol–water partition coefficient (Wildman–Crippen LogP) is 3.69. The van der Waals surface area contributed by atoms with Gasteiger partial charge in [0.2, 0.25) is 11.8 Å². The lowest BCUT2D eigenvalue weighted by molar-refractivity contribution is -0.133. The van der Waals surface area contributed by atoms with Crippen LogP contribution in [0.3, 0.4) is 0 Å². The fourth-order valence-electron chi connectivity index (χ4n) is 3.38. The summed E-state index contributed by atoms with van der Waals surface area (Å²) in [6, 6.07) is 11.5. The minimum atomic E-state index is 0.189. The number of rotatable bonds is 4. The lowest BCUT2D eigenvalue weighted by atomic mass is 9.96. The van der Waals surface area contributed by atoms with E-state index in [0.29, 0.717) is 11.8 Å². The highest BCUT2D eigenvalue weighted by Gasteiger charge is 2.36. The number of amides is 1.